The first-order chi connectivity index (χ1) is 15.7. The van der Waals surface area contributed by atoms with Gasteiger partial charge in [-0.15, -0.1) is 0 Å². The van der Waals surface area contributed by atoms with Crippen LogP contribution in [0.1, 0.15) is 23.5 Å². The molecule has 2 atom stereocenters. The number of carbonyl (C=O) groups is 2. The van der Waals surface area contributed by atoms with E-state index < -0.39 is 35.2 Å². The summed E-state index contributed by atoms with van der Waals surface area (Å²) >= 11 is 0. The van der Waals surface area contributed by atoms with E-state index in [2.05, 4.69) is 15.6 Å². The quantitative estimate of drug-likeness (QED) is 0.469. The number of amides is 2. The number of rotatable bonds is 5. The van der Waals surface area contributed by atoms with Crippen molar-refractivity contribution in [2.45, 2.75) is 24.6 Å². The van der Waals surface area contributed by atoms with Gasteiger partial charge in [-0.2, -0.15) is 13.2 Å². The number of alkyl halides is 3. The molecule has 1 fully saturated rings. The topological polar surface area (TPSA) is 111 Å². The van der Waals surface area contributed by atoms with Crippen LogP contribution in [0.15, 0.2) is 53.3 Å². The molecule has 4 N–H and O–H groups in total. The molecule has 2 aromatic carbocycles. The van der Waals surface area contributed by atoms with Crippen molar-refractivity contribution in [3.8, 4) is 11.3 Å². The van der Waals surface area contributed by atoms with Crippen molar-refractivity contribution in [2.24, 2.45) is 0 Å². The van der Waals surface area contributed by atoms with Crippen molar-refractivity contribution >= 4 is 22.6 Å². The van der Waals surface area contributed by atoms with E-state index in [1.54, 1.807) is 12.1 Å². The molecule has 1 aliphatic rings. The molecule has 0 saturated carbocycles. The van der Waals surface area contributed by atoms with Gasteiger partial charge in [-0.25, -0.2) is 0 Å². The molecule has 2 amide bonds. The maximum atomic E-state index is 13.4. The summed E-state index contributed by atoms with van der Waals surface area (Å²) < 4.78 is 40.2. The summed E-state index contributed by atoms with van der Waals surface area (Å²) in [6.45, 7) is -0.153. The maximum Gasteiger partial charge on any atom is 0.417 e. The Labute approximate surface area is 185 Å². The van der Waals surface area contributed by atoms with Crippen LogP contribution in [-0.4, -0.2) is 41.1 Å². The first kappa shape index (κ1) is 22.5. The zero-order valence-electron chi connectivity index (χ0n) is 17.2. The first-order valence-corrected chi connectivity index (χ1v) is 10.2. The lowest BCUT2D eigenvalue weighted by Gasteiger charge is -2.14. The molecule has 0 aliphatic carbocycles. The number of aromatic amines is 1. The Morgan fingerprint density at radius 3 is 2.61 bits per heavy atom. The Balaban J connectivity index is 1.67. The number of nitrogens with one attached hydrogen (secondary N) is 3. The molecule has 1 saturated heterocycles. The normalized spacial score (nSPS) is 18.4. The zero-order valence-corrected chi connectivity index (χ0v) is 17.2. The molecule has 3 aromatic rings. The van der Waals surface area contributed by atoms with Crippen LogP contribution in [-0.2, 0) is 15.8 Å². The Hall–Kier alpha value is -3.66. The highest BCUT2D eigenvalue weighted by Gasteiger charge is 2.37. The number of pyridine rings is 1. The molecule has 4 rings (SSSR count). The standard InChI is InChI=1S/C23H20F3N3O4/c24-23(25,26)17-4-2-1-3-14(17)18-10-13-6-5-12(9-15(13)20(31)28-18)16-11-19(29-21(16)32)22(33)27-7-8-30/h1-6,9-10,16,19,30H,7-8,11H2,(H,27,33)(H,28,31)(H,29,32). The van der Waals surface area contributed by atoms with Gasteiger partial charge in [0.15, 0.2) is 0 Å². The lowest BCUT2D eigenvalue weighted by atomic mass is 9.93. The van der Waals surface area contributed by atoms with Crippen LogP contribution in [0.2, 0.25) is 0 Å². The second-order valence-corrected chi connectivity index (χ2v) is 7.77. The van der Waals surface area contributed by atoms with Crippen LogP contribution < -0.4 is 16.2 Å². The molecule has 0 radical (unpaired) electrons. The van der Waals surface area contributed by atoms with E-state index in [9.17, 15) is 27.6 Å². The van der Waals surface area contributed by atoms with Crippen LogP contribution >= 0.6 is 0 Å². The summed E-state index contributed by atoms with van der Waals surface area (Å²) in [6, 6.07) is 10.4. The van der Waals surface area contributed by atoms with Crippen molar-refractivity contribution < 1.29 is 27.9 Å². The highest BCUT2D eigenvalue weighted by molar-refractivity contribution is 5.95. The number of benzene rings is 2. The Morgan fingerprint density at radius 2 is 1.88 bits per heavy atom. The fourth-order valence-corrected chi connectivity index (χ4v) is 4.04. The molecule has 1 aliphatic heterocycles. The summed E-state index contributed by atoms with van der Waals surface area (Å²) in [4.78, 5) is 39.8. The van der Waals surface area contributed by atoms with E-state index in [1.165, 1.54) is 30.3 Å². The maximum absolute atomic E-state index is 13.4. The highest BCUT2D eigenvalue weighted by atomic mass is 19.4. The minimum Gasteiger partial charge on any atom is -0.395 e. The molecule has 172 valence electrons. The average molecular weight is 459 g/mol. The van der Waals surface area contributed by atoms with Crippen molar-refractivity contribution in [1.29, 1.82) is 0 Å². The summed E-state index contributed by atoms with van der Waals surface area (Å²) in [5, 5.41) is 14.6. The number of halogens is 3. The number of hydrogen-bond acceptors (Lipinski definition) is 4. The van der Waals surface area contributed by atoms with Gasteiger partial charge in [0.25, 0.3) is 5.56 Å². The third-order valence-electron chi connectivity index (χ3n) is 5.63. The van der Waals surface area contributed by atoms with E-state index in [4.69, 9.17) is 5.11 Å². The number of aliphatic hydroxyl groups excluding tert-OH is 1. The van der Waals surface area contributed by atoms with Crippen LogP contribution in [0.5, 0.6) is 0 Å². The van der Waals surface area contributed by atoms with E-state index in [0.717, 1.165) is 6.07 Å². The molecule has 33 heavy (non-hydrogen) atoms. The van der Waals surface area contributed by atoms with E-state index >= 15 is 0 Å². The Morgan fingerprint density at radius 1 is 1.12 bits per heavy atom. The van der Waals surface area contributed by atoms with Crippen molar-refractivity contribution in [3.05, 3.63) is 70.0 Å². The van der Waals surface area contributed by atoms with Gasteiger partial charge < -0.3 is 20.7 Å². The molecule has 7 nitrogen and oxygen atoms in total. The molecule has 2 heterocycles. The van der Waals surface area contributed by atoms with Crippen LogP contribution in [0.25, 0.3) is 22.0 Å². The predicted molar refractivity (Wildman–Crippen MR) is 114 cm³/mol. The fraction of sp³-hybridized carbons (Fsp3) is 0.261. The third-order valence-corrected chi connectivity index (χ3v) is 5.63. The minimum absolute atomic E-state index is 0.0346. The lowest BCUT2D eigenvalue weighted by molar-refractivity contribution is -0.137. The van der Waals surface area contributed by atoms with E-state index in [-0.39, 0.29) is 42.1 Å². The van der Waals surface area contributed by atoms with Gasteiger partial charge in [-0.1, -0.05) is 30.3 Å². The highest BCUT2D eigenvalue weighted by Crippen LogP contribution is 2.37. The monoisotopic (exact) mass is 459 g/mol. The zero-order chi connectivity index (χ0) is 23.8. The largest absolute Gasteiger partial charge is 0.417 e. The summed E-state index contributed by atoms with van der Waals surface area (Å²) in [6.07, 6.45) is -4.40. The van der Waals surface area contributed by atoms with E-state index in [1.807, 2.05) is 0 Å². The Kier molecular flexibility index (Phi) is 5.94. The predicted octanol–water partition coefficient (Wildman–Crippen LogP) is 2.29. The second-order valence-electron chi connectivity index (χ2n) is 7.77. The summed E-state index contributed by atoms with van der Waals surface area (Å²) in [7, 11) is 0. The Bertz CT molecular complexity index is 1290. The fourth-order valence-electron chi connectivity index (χ4n) is 4.04. The molecular weight excluding hydrogens is 439 g/mol. The van der Waals surface area contributed by atoms with Gasteiger partial charge in [0.2, 0.25) is 11.8 Å². The second kappa shape index (κ2) is 8.70. The smallest absolute Gasteiger partial charge is 0.395 e. The lowest BCUT2D eigenvalue weighted by Crippen LogP contribution is -2.42. The SMILES string of the molecule is O=C(NCCO)C1CC(c2ccc3cc(-c4ccccc4C(F)(F)F)[nH]c(=O)c3c2)C(=O)N1. The number of fused-ring (bicyclic) bond motifs is 1. The van der Waals surface area contributed by atoms with Crippen LogP contribution in [0.4, 0.5) is 13.2 Å². The van der Waals surface area contributed by atoms with Gasteiger partial charge in [0.05, 0.1) is 18.1 Å². The van der Waals surface area contributed by atoms with E-state index in [0.29, 0.717) is 10.9 Å². The molecule has 1 aromatic heterocycles. The molecule has 0 spiro atoms. The van der Waals surface area contributed by atoms with Gasteiger partial charge in [-0.3, -0.25) is 14.4 Å². The van der Waals surface area contributed by atoms with Crippen molar-refractivity contribution in [1.82, 2.24) is 15.6 Å². The van der Waals surface area contributed by atoms with Crippen LogP contribution in [0.3, 0.4) is 0 Å². The van der Waals surface area contributed by atoms with Crippen LogP contribution in [0, 0.1) is 0 Å². The number of hydrogen-bond donors (Lipinski definition) is 4. The number of H-pyrrole nitrogens is 1. The number of aromatic nitrogens is 1. The number of aliphatic hydroxyl groups is 1. The van der Waals surface area contributed by atoms with Gasteiger partial charge in [0.1, 0.15) is 6.04 Å². The third kappa shape index (κ3) is 4.47. The first-order valence-electron chi connectivity index (χ1n) is 10.2. The molecular formula is C23H20F3N3O4. The van der Waals surface area contributed by atoms with Gasteiger partial charge >= 0.3 is 6.18 Å². The van der Waals surface area contributed by atoms with Gasteiger partial charge in [-0.05, 0) is 35.6 Å². The van der Waals surface area contributed by atoms with Crippen molar-refractivity contribution in [2.75, 3.05) is 13.2 Å². The van der Waals surface area contributed by atoms with Crippen molar-refractivity contribution in [3.63, 3.8) is 0 Å². The average Bonchev–Trinajstić information content (AvgIpc) is 3.18. The molecule has 0 bridgehead atoms. The minimum atomic E-state index is -4.58. The van der Waals surface area contributed by atoms with Gasteiger partial charge in [0, 0.05) is 23.2 Å². The molecule has 10 heteroatoms. The summed E-state index contributed by atoms with van der Waals surface area (Å²) in [5.74, 6) is -1.44. The number of carbonyl (C=O) groups excluding carboxylic acids is 2. The summed E-state index contributed by atoms with van der Waals surface area (Å²) in [5.41, 5.74) is -1.03. The molecule has 2 unspecified atom stereocenters.